The Morgan fingerprint density at radius 2 is 2.47 bits per heavy atom. The van der Waals surface area contributed by atoms with Crippen molar-refractivity contribution in [2.45, 2.75) is 5.03 Å². The molecule has 0 aliphatic carbocycles. The summed E-state index contributed by atoms with van der Waals surface area (Å²) in [7, 11) is 1.61. The van der Waals surface area contributed by atoms with Gasteiger partial charge in [0.15, 0.2) is 0 Å². The summed E-state index contributed by atoms with van der Waals surface area (Å²) in [6.07, 6.45) is 1.35. The molecule has 1 N–H and O–H groups in total. The fraction of sp³-hybridized carbons (Fsp3) is 0.333. The van der Waals surface area contributed by atoms with Gasteiger partial charge < -0.3 is 9.84 Å². The van der Waals surface area contributed by atoms with Crippen LogP contribution in [-0.2, 0) is 4.74 Å². The van der Waals surface area contributed by atoms with Crippen LogP contribution in [0.2, 0.25) is 5.02 Å². The summed E-state index contributed by atoms with van der Waals surface area (Å²) in [5.74, 6) is -0.319. The zero-order chi connectivity index (χ0) is 11.3. The molecule has 1 aromatic heterocycles. The summed E-state index contributed by atoms with van der Waals surface area (Å²) >= 11 is 7.10. The van der Waals surface area contributed by atoms with Crippen molar-refractivity contribution in [3.05, 3.63) is 22.8 Å². The van der Waals surface area contributed by atoms with Gasteiger partial charge in [0.2, 0.25) is 0 Å². The summed E-state index contributed by atoms with van der Waals surface area (Å²) < 4.78 is 4.87. The molecule has 1 rings (SSSR count). The molecular formula is C9H10ClNO3S. The van der Waals surface area contributed by atoms with E-state index in [0.29, 0.717) is 11.6 Å². The summed E-state index contributed by atoms with van der Waals surface area (Å²) in [6.45, 7) is 0.595. The van der Waals surface area contributed by atoms with Crippen molar-refractivity contribution in [2.24, 2.45) is 0 Å². The van der Waals surface area contributed by atoms with Crippen LogP contribution in [-0.4, -0.2) is 35.5 Å². The Hall–Kier alpha value is -0.780. The average molecular weight is 248 g/mol. The minimum absolute atomic E-state index is 0.0755. The number of aromatic carboxylic acids is 1. The van der Waals surface area contributed by atoms with E-state index in [1.54, 1.807) is 7.11 Å². The van der Waals surface area contributed by atoms with Gasteiger partial charge in [-0.15, -0.1) is 11.8 Å². The fourth-order valence-electron chi connectivity index (χ4n) is 0.892. The van der Waals surface area contributed by atoms with Gasteiger partial charge in [-0.1, -0.05) is 11.6 Å². The summed E-state index contributed by atoms with van der Waals surface area (Å²) in [5.41, 5.74) is 0.0755. The Balaban J connectivity index is 2.74. The molecular weight excluding hydrogens is 238 g/mol. The van der Waals surface area contributed by atoms with Crippen LogP contribution < -0.4 is 0 Å². The number of aromatic nitrogens is 1. The lowest BCUT2D eigenvalue weighted by molar-refractivity contribution is 0.0696. The van der Waals surface area contributed by atoms with Gasteiger partial charge in [-0.25, -0.2) is 9.78 Å². The van der Waals surface area contributed by atoms with Gasteiger partial charge >= 0.3 is 5.97 Å². The Morgan fingerprint density at radius 3 is 3.07 bits per heavy atom. The molecule has 6 heteroatoms. The molecule has 0 atom stereocenters. The molecule has 0 aliphatic rings. The summed E-state index contributed by atoms with van der Waals surface area (Å²) in [4.78, 5) is 14.8. The molecule has 0 saturated heterocycles. The highest BCUT2D eigenvalue weighted by molar-refractivity contribution is 7.99. The Bertz CT molecular complexity index is 359. The lowest BCUT2D eigenvalue weighted by Crippen LogP contribution is -1.99. The van der Waals surface area contributed by atoms with Crippen LogP contribution in [0.1, 0.15) is 10.4 Å². The van der Waals surface area contributed by atoms with Crippen LogP contribution >= 0.6 is 23.4 Å². The number of nitrogens with zero attached hydrogens (tertiary/aromatic N) is 1. The van der Waals surface area contributed by atoms with Crippen LogP contribution in [0.15, 0.2) is 17.3 Å². The number of thioether (sulfide) groups is 1. The maximum atomic E-state index is 10.8. The molecule has 0 spiro atoms. The first-order chi connectivity index (χ1) is 7.15. The topological polar surface area (TPSA) is 59.4 Å². The predicted octanol–water partition coefficient (Wildman–Crippen LogP) is 2.17. The number of ether oxygens (including phenoxy) is 1. The number of pyridine rings is 1. The minimum atomic E-state index is -1.05. The van der Waals surface area contributed by atoms with Gasteiger partial charge in [-0.3, -0.25) is 0 Å². The highest BCUT2D eigenvalue weighted by atomic mass is 35.5. The number of carboxylic acids is 1. The molecule has 4 nitrogen and oxygen atoms in total. The van der Waals surface area contributed by atoms with Crippen molar-refractivity contribution in [1.29, 1.82) is 0 Å². The monoisotopic (exact) mass is 247 g/mol. The first-order valence-electron chi connectivity index (χ1n) is 4.15. The maximum Gasteiger partial charge on any atom is 0.337 e. The first kappa shape index (κ1) is 12.3. The third-order valence-electron chi connectivity index (χ3n) is 1.60. The number of carbonyl (C=O) groups is 1. The van der Waals surface area contributed by atoms with E-state index in [0.717, 1.165) is 5.75 Å². The first-order valence-corrected chi connectivity index (χ1v) is 5.52. The summed E-state index contributed by atoms with van der Waals surface area (Å²) in [6, 6.07) is 1.46. The van der Waals surface area contributed by atoms with Gasteiger partial charge in [0.25, 0.3) is 0 Å². The molecule has 0 unspecified atom stereocenters. The third-order valence-corrected chi connectivity index (χ3v) is 2.79. The molecule has 0 radical (unpaired) electrons. The zero-order valence-corrected chi connectivity index (χ0v) is 9.64. The molecule has 15 heavy (non-hydrogen) atoms. The summed E-state index contributed by atoms with van der Waals surface area (Å²) in [5, 5.41) is 9.60. The second-order valence-corrected chi connectivity index (χ2v) is 4.17. The lowest BCUT2D eigenvalue weighted by atomic mass is 10.3. The number of halogens is 1. The van der Waals surface area contributed by atoms with Gasteiger partial charge in [-0.2, -0.15) is 0 Å². The molecule has 0 bridgehead atoms. The fourth-order valence-corrected chi connectivity index (χ4v) is 1.86. The maximum absolute atomic E-state index is 10.8. The van der Waals surface area contributed by atoms with E-state index in [1.807, 2.05) is 0 Å². The second-order valence-electron chi connectivity index (χ2n) is 2.65. The van der Waals surface area contributed by atoms with Crippen molar-refractivity contribution in [2.75, 3.05) is 19.5 Å². The molecule has 0 aromatic carbocycles. The van der Waals surface area contributed by atoms with E-state index in [-0.39, 0.29) is 10.6 Å². The molecule has 0 fully saturated rings. The van der Waals surface area contributed by atoms with Gasteiger partial charge in [-0.05, 0) is 6.07 Å². The second kappa shape index (κ2) is 5.95. The van der Waals surface area contributed by atoms with E-state index in [9.17, 15) is 4.79 Å². The highest BCUT2D eigenvalue weighted by Crippen LogP contribution is 2.21. The van der Waals surface area contributed by atoms with Gasteiger partial charge in [0.1, 0.15) is 0 Å². The molecule has 82 valence electrons. The van der Waals surface area contributed by atoms with Crippen LogP contribution in [0.4, 0.5) is 0 Å². The van der Waals surface area contributed by atoms with Crippen molar-refractivity contribution in [3.63, 3.8) is 0 Å². The van der Waals surface area contributed by atoms with Crippen LogP contribution in [0.3, 0.4) is 0 Å². The van der Waals surface area contributed by atoms with Gasteiger partial charge in [0.05, 0.1) is 22.2 Å². The normalized spacial score (nSPS) is 10.3. The van der Waals surface area contributed by atoms with E-state index >= 15 is 0 Å². The van der Waals surface area contributed by atoms with Crippen LogP contribution in [0, 0.1) is 0 Å². The number of carboxylic acid groups (broad SMARTS) is 1. The zero-order valence-electron chi connectivity index (χ0n) is 8.07. The Kier molecular flexibility index (Phi) is 4.87. The molecule has 0 aliphatic heterocycles. The minimum Gasteiger partial charge on any atom is -0.478 e. The van der Waals surface area contributed by atoms with Crippen molar-refractivity contribution in [3.8, 4) is 0 Å². The number of hydrogen-bond donors (Lipinski definition) is 1. The predicted molar refractivity (Wildman–Crippen MR) is 58.8 cm³/mol. The van der Waals surface area contributed by atoms with E-state index in [4.69, 9.17) is 21.4 Å². The quantitative estimate of drug-likeness (QED) is 0.638. The lowest BCUT2D eigenvalue weighted by Gasteiger charge is -2.02. The van der Waals surface area contributed by atoms with Crippen LogP contribution in [0.25, 0.3) is 0 Å². The van der Waals surface area contributed by atoms with Crippen molar-refractivity contribution >= 4 is 29.3 Å². The average Bonchev–Trinajstić information content (AvgIpc) is 2.20. The van der Waals surface area contributed by atoms with Crippen LogP contribution in [0.5, 0.6) is 0 Å². The van der Waals surface area contributed by atoms with E-state index < -0.39 is 5.97 Å². The van der Waals surface area contributed by atoms with Crippen molar-refractivity contribution < 1.29 is 14.6 Å². The molecule has 1 aromatic rings. The third kappa shape index (κ3) is 3.70. The Labute approximate surface area is 96.6 Å². The Morgan fingerprint density at radius 1 is 1.73 bits per heavy atom. The highest BCUT2D eigenvalue weighted by Gasteiger charge is 2.10. The molecule has 0 saturated carbocycles. The smallest absolute Gasteiger partial charge is 0.337 e. The van der Waals surface area contributed by atoms with Crippen molar-refractivity contribution in [1.82, 2.24) is 4.98 Å². The van der Waals surface area contributed by atoms with E-state index in [2.05, 4.69) is 4.98 Å². The number of methoxy groups -OCH3 is 1. The molecule has 1 heterocycles. The molecule has 0 amide bonds. The largest absolute Gasteiger partial charge is 0.478 e. The van der Waals surface area contributed by atoms with Gasteiger partial charge in [0, 0.05) is 19.1 Å². The van der Waals surface area contributed by atoms with E-state index in [1.165, 1.54) is 24.0 Å². The number of hydrogen-bond acceptors (Lipinski definition) is 4. The standard InChI is InChI=1S/C9H10ClNO3S/c1-14-2-3-15-8-4-6(9(12)13)7(10)5-11-8/h4-5H,2-3H2,1H3,(H,12,13). The SMILES string of the molecule is COCCSc1cc(C(=O)O)c(Cl)cn1. The number of rotatable bonds is 5.